The lowest BCUT2D eigenvalue weighted by molar-refractivity contribution is -0.168. The molecule has 0 aliphatic carbocycles. The molecule has 0 aromatic carbocycles. The fourth-order valence-corrected chi connectivity index (χ4v) is 1.79. The zero-order valence-corrected chi connectivity index (χ0v) is 8.54. The van der Waals surface area contributed by atoms with E-state index >= 15 is 0 Å². The van der Waals surface area contributed by atoms with Gasteiger partial charge in [-0.25, -0.2) is 5.43 Å². The van der Waals surface area contributed by atoms with E-state index in [1.165, 1.54) is 0 Å². The second kappa shape index (κ2) is 4.46. The van der Waals surface area contributed by atoms with Crippen molar-refractivity contribution in [3.8, 4) is 0 Å². The van der Waals surface area contributed by atoms with Gasteiger partial charge in [-0.3, -0.25) is 4.79 Å². The highest BCUT2D eigenvalue weighted by Gasteiger charge is 2.40. The number of hydrazone groups is 1. The highest BCUT2D eigenvalue weighted by molar-refractivity contribution is 5.95. The smallest absolute Gasteiger partial charge is 0.240 e. The standard InChI is InChI=1S/C9H14N2O5/c12-5-3-16-9(8(15)7(5)14)4-1-2-6(13)11-10-4/h5,7-9,12,14-15H,1-3H2,(H,11,13)/t5-,7+,8-,9+/m1/s1. The average Bonchev–Trinajstić information content (AvgIpc) is 2.28. The van der Waals surface area contributed by atoms with Gasteiger partial charge in [0.1, 0.15) is 24.4 Å². The zero-order chi connectivity index (χ0) is 11.7. The Morgan fingerprint density at radius 3 is 2.62 bits per heavy atom. The van der Waals surface area contributed by atoms with E-state index in [4.69, 9.17) is 4.74 Å². The van der Waals surface area contributed by atoms with Crippen molar-refractivity contribution in [2.45, 2.75) is 37.3 Å². The van der Waals surface area contributed by atoms with Crippen molar-refractivity contribution in [1.29, 1.82) is 0 Å². The van der Waals surface area contributed by atoms with Crippen molar-refractivity contribution in [1.82, 2.24) is 5.43 Å². The highest BCUT2D eigenvalue weighted by atomic mass is 16.5. The molecule has 4 atom stereocenters. The van der Waals surface area contributed by atoms with Crippen LogP contribution in [0.5, 0.6) is 0 Å². The summed E-state index contributed by atoms with van der Waals surface area (Å²) in [6, 6.07) is 0. The van der Waals surface area contributed by atoms with Crippen molar-refractivity contribution in [2.24, 2.45) is 5.10 Å². The number of nitrogens with zero attached hydrogens (tertiary/aromatic N) is 1. The van der Waals surface area contributed by atoms with Crippen LogP contribution >= 0.6 is 0 Å². The number of carbonyl (C=O) groups is 1. The first-order valence-electron chi connectivity index (χ1n) is 5.10. The molecule has 0 radical (unpaired) electrons. The molecule has 0 saturated carbocycles. The molecule has 0 bridgehead atoms. The normalized spacial score (nSPS) is 40.2. The number of aliphatic hydroxyl groups is 3. The Morgan fingerprint density at radius 1 is 1.25 bits per heavy atom. The van der Waals surface area contributed by atoms with Gasteiger partial charge in [-0.2, -0.15) is 5.10 Å². The predicted octanol–water partition coefficient (Wildman–Crippen LogP) is -2.27. The lowest BCUT2D eigenvalue weighted by Gasteiger charge is -2.36. The third kappa shape index (κ3) is 2.07. The van der Waals surface area contributed by atoms with Crippen molar-refractivity contribution >= 4 is 11.6 Å². The molecular weight excluding hydrogens is 216 g/mol. The number of aliphatic hydroxyl groups excluding tert-OH is 3. The summed E-state index contributed by atoms with van der Waals surface area (Å²) in [5.41, 5.74) is 2.77. The second-order valence-corrected chi connectivity index (χ2v) is 3.94. The molecule has 1 amide bonds. The van der Waals surface area contributed by atoms with Crippen LogP contribution < -0.4 is 5.43 Å². The largest absolute Gasteiger partial charge is 0.388 e. The van der Waals surface area contributed by atoms with E-state index in [-0.39, 0.29) is 18.9 Å². The molecule has 0 aromatic heterocycles. The summed E-state index contributed by atoms with van der Waals surface area (Å²) in [6.07, 6.45) is -3.67. The molecule has 2 aliphatic heterocycles. The van der Waals surface area contributed by atoms with Gasteiger partial charge in [0, 0.05) is 6.42 Å². The number of rotatable bonds is 1. The third-order valence-corrected chi connectivity index (χ3v) is 2.76. The van der Waals surface area contributed by atoms with Crippen molar-refractivity contribution < 1.29 is 24.9 Å². The van der Waals surface area contributed by atoms with Crippen LogP contribution in [-0.2, 0) is 9.53 Å². The lowest BCUT2D eigenvalue weighted by Crippen LogP contribution is -2.56. The molecule has 1 fully saturated rings. The molecule has 2 heterocycles. The molecule has 7 nitrogen and oxygen atoms in total. The third-order valence-electron chi connectivity index (χ3n) is 2.76. The molecule has 7 heteroatoms. The number of ether oxygens (including phenoxy) is 1. The number of nitrogens with one attached hydrogen (secondary N) is 1. The van der Waals surface area contributed by atoms with Gasteiger partial charge in [0.05, 0.1) is 12.3 Å². The molecule has 90 valence electrons. The minimum atomic E-state index is -1.25. The summed E-state index contributed by atoms with van der Waals surface area (Å²) in [5, 5.41) is 32.2. The summed E-state index contributed by atoms with van der Waals surface area (Å²) < 4.78 is 5.21. The van der Waals surface area contributed by atoms with Crippen LogP contribution in [0, 0.1) is 0 Å². The fraction of sp³-hybridized carbons (Fsp3) is 0.778. The first-order chi connectivity index (χ1) is 7.59. The SMILES string of the molecule is O=C1CCC([C@@H]2OC[C@@H](O)[C@H](O)[C@H]2O)=NN1. The molecule has 16 heavy (non-hydrogen) atoms. The molecular formula is C9H14N2O5. The van der Waals surface area contributed by atoms with Crippen LogP contribution in [0.1, 0.15) is 12.8 Å². The van der Waals surface area contributed by atoms with Gasteiger partial charge in [0.15, 0.2) is 0 Å². The zero-order valence-electron chi connectivity index (χ0n) is 8.54. The first-order valence-corrected chi connectivity index (χ1v) is 5.10. The molecule has 2 aliphatic rings. The van der Waals surface area contributed by atoms with E-state index in [1.807, 2.05) is 0 Å². The van der Waals surface area contributed by atoms with E-state index in [0.717, 1.165) is 0 Å². The Bertz CT molecular complexity index is 319. The van der Waals surface area contributed by atoms with Gasteiger partial charge in [-0.1, -0.05) is 0 Å². The Labute approximate surface area is 91.7 Å². The summed E-state index contributed by atoms with van der Waals surface area (Å²) >= 11 is 0. The van der Waals surface area contributed by atoms with Crippen LogP contribution in [0.25, 0.3) is 0 Å². The molecule has 2 rings (SSSR count). The number of hydrogen-bond donors (Lipinski definition) is 4. The Morgan fingerprint density at radius 2 is 2.00 bits per heavy atom. The highest BCUT2D eigenvalue weighted by Crippen LogP contribution is 2.19. The van der Waals surface area contributed by atoms with Crippen molar-refractivity contribution in [3.05, 3.63) is 0 Å². The summed E-state index contributed by atoms with van der Waals surface area (Å²) in [6.45, 7) is -0.0597. The number of carbonyl (C=O) groups excluding carboxylic acids is 1. The van der Waals surface area contributed by atoms with Crippen LogP contribution in [0.15, 0.2) is 5.10 Å². The Balaban J connectivity index is 2.07. The first kappa shape index (κ1) is 11.5. The van der Waals surface area contributed by atoms with E-state index in [1.54, 1.807) is 0 Å². The fourth-order valence-electron chi connectivity index (χ4n) is 1.79. The molecule has 0 spiro atoms. The van der Waals surface area contributed by atoms with Crippen molar-refractivity contribution in [2.75, 3.05) is 6.61 Å². The van der Waals surface area contributed by atoms with Gasteiger partial charge in [-0.15, -0.1) is 0 Å². The quantitative estimate of drug-likeness (QED) is 0.406. The minimum Gasteiger partial charge on any atom is -0.388 e. The van der Waals surface area contributed by atoms with Gasteiger partial charge < -0.3 is 20.1 Å². The summed E-state index contributed by atoms with van der Waals surface area (Å²) in [5.74, 6) is -0.186. The molecule has 0 aromatic rings. The average molecular weight is 230 g/mol. The minimum absolute atomic E-state index is 0.0597. The topological polar surface area (TPSA) is 111 Å². The Hall–Kier alpha value is -1.02. The lowest BCUT2D eigenvalue weighted by atomic mass is 9.94. The molecule has 1 saturated heterocycles. The van der Waals surface area contributed by atoms with Crippen LogP contribution in [0.2, 0.25) is 0 Å². The summed E-state index contributed by atoms with van der Waals surface area (Å²) in [7, 11) is 0. The Kier molecular flexibility index (Phi) is 3.20. The number of hydrogen-bond acceptors (Lipinski definition) is 6. The maximum atomic E-state index is 10.9. The van der Waals surface area contributed by atoms with E-state index in [9.17, 15) is 20.1 Å². The van der Waals surface area contributed by atoms with Gasteiger partial charge in [0.25, 0.3) is 0 Å². The van der Waals surface area contributed by atoms with E-state index < -0.39 is 24.4 Å². The van der Waals surface area contributed by atoms with Crippen LogP contribution in [0.3, 0.4) is 0 Å². The second-order valence-electron chi connectivity index (χ2n) is 3.94. The maximum Gasteiger partial charge on any atom is 0.240 e. The van der Waals surface area contributed by atoms with Crippen LogP contribution in [-0.4, -0.2) is 58.0 Å². The predicted molar refractivity (Wildman–Crippen MR) is 52.6 cm³/mol. The van der Waals surface area contributed by atoms with Crippen LogP contribution in [0.4, 0.5) is 0 Å². The van der Waals surface area contributed by atoms with Gasteiger partial charge in [-0.05, 0) is 6.42 Å². The molecule has 4 N–H and O–H groups in total. The molecule has 0 unspecified atom stereocenters. The maximum absolute atomic E-state index is 10.9. The monoisotopic (exact) mass is 230 g/mol. The van der Waals surface area contributed by atoms with E-state index in [2.05, 4.69) is 10.5 Å². The van der Waals surface area contributed by atoms with Gasteiger partial charge >= 0.3 is 0 Å². The van der Waals surface area contributed by atoms with Gasteiger partial charge in [0.2, 0.25) is 5.91 Å². The summed E-state index contributed by atoms with van der Waals surface area (Å²) in [4.78, 5) is 10.9. The number of amides is 1. The van der Waals surface area contributed by atoms with Crippen molar-refractivity contribution in [3.63, 3.8) is 0 Å². The van der Waals surface area contributed by atoms with E-state index in [0.29, 0.717) is 12.1 Å².